The Morgan fingerprint density at radius 1 is 1.11 bits per heavy atom. The third-order valence-corrected chi connectivity index (χ3v) is 5.24. The normalized spacial score (nSPS) is 14.0. The van der Waals surface area contributed by atoms with Crippen LogP contribution in [-0.2, 0) is 20.7 Å². The Labute approximate surface area is 163 Å². The highest BCUT2D eigenvalue weighted by Gasteiger charge is 2.20. The predicted octanol–water partition coefficient (Wildman–Crippen LogP) is 2.47. The van der Waals surface area contributed by atoms with E-state index in [4.69, 9.17) is 9.47 Å². The zero-order valence-corrected chi connectivity index (χ0v) is 15.6. The maximum absolute atomic E-state index is 13.6. The summed E-state index contributed by atoms with van der Waals surface area (Å²) in [7, 11) is 0. The van der Waals surface area contributed by atoms with Gasteiger partial charge in [-0.15, -0.1) is 11.3 Å². The van der Waals surface area contributed by atoms with Gasteiger partial charge < -0.3 is 14.4 Å². The Morgan fingerprint density at radius 2 is 1.86 bits per heavy atom. The van der Waals surface area contributed by atoms with Crippen molar-refractivity contribution in [3.63, 3.8) is 0 Å². The summed E-state index contributed by atoms with van der Waals surface area (Å²) in [6.45, 7) is 1.55. The lowest BCUT2D eigenvalue weighted by molar-refractivity contribution is -0.134. The fourth-order valence-electron chi connectivity index (χ4n) is 2.63. The number of halogens is 2. The Morgan fingerprint density at radius 3 is 2.57 bits per heavy atom. The number of carbonyl (C=O) groups is 3. The van der Waals surface area contributed by atoms with Crippen molar-refractivity contribution in [1.82, 2.24) is 4.90 Å². The van der Waals surface area contributed by atoms with E-state index in [2.05, 4.69) is 0 Å². The number of hydrogen-bond donors (Lipinski definition) is 0. The topological polar surface area (TPSA) is 72.9 Å². The van der Waals surface area contributed by atoms with E-state index in [1.807, 2.05) is 0 Å². The van der Waals surface area contributed by atoms with Gasteiger partial charge in [0, 0.05) is 24.0 Å². The maximum Gasteiger partial charge on any atom is 0.341 e. The van der Waals surface area contributed by atoms with Gasteiger partial charge in [-0.05, 0) is 24.3 Å². The van der Waals surface area contributed by atoms with E-state index in [1.54, 1.807) is 17.0 Å². The molecule has 0 N–H and O–H groups in total. The summed E-state index contributed by atoms with van der Waals surface area (Å²) in [4.78, 5) is 39.0. The fourth-order valence-corrected chi connectivity index (χ4v) is 3.55. The van der Waals surface area contributed by atoms with Crippen LogP contribution in [0.5, 0.6) is 0 Å². The number of rotatable bonds is 6. The van der Waals surface area contributed by atoms with Gasteiger partial charge in [-0.3, -0.25) is 9.59 Å². The van der Waals surface area contributed by atoms with Gasteiger partial charge in [0.1, 0.15) is 11.6 Å². The molecule has 1 aromatic heterocycles. The smallest absolute Gasteiger partial charge is 0.341 e. The van der Waals surface area contributed by atoms with Gasteiger partial charge in [0.15, 0.2) is 6.61 Å². The second kappa shape index (κ2) is 9.03. The fraction of sp³-hybridized carbons (Fsp3) is 0.316. The zero-order valence-electron chi connectivity index (χ0n) is 14.8. The van der Waals surface area contributed by atoms with E-state index in [-0.39, 0.29) is 12.3 Å². The van der Waals surface area contributed by atoms with Crippen LogP contribution in [0, 0.1) is 11.6 Å². The Kier molecular flexibility index (Phi) is 6.48. The number of amides is 1. The molecule has 1 saturated heterocycles. The molecule has 0 spiro atoms. The van der Waals surface area contributed by atoms with E-state index >= 15 is 0 Å². The molecule has 3 rings (SSSR count). The number of thiophene rings is 1. The van der Waals surface area contributed by atoms with Gasteiger partial charge in [-0.1, -0.05) is 0 Å². The molecular formula is C19H17F2NO5S. The summed E-state index contributed by atoms with van der Waals surface area (Å²) in [5.74, 6) is -3.43. The summed E-state index contributed by atoms with van der Waals surface area (Å²) < 4.78 is 36.5. The van der Waals surface area contributed by atoms with Crippen molar-refractivity contribution in [2.24, 2.45) is 0 Å². The number of Topliss-reactive ketones (excluding diaryl/α,β-unsaturated/α-hetero) is 1. The van der Waals surface area contributed by atoms with Crippen LogP contribution >= 0.6 is 11.3 Å². The van der Waals surface area contributed by atoms with Crippen LogP contribution in [-0.4, -0.2) is 55.5 Å². The van der Waals surface area contributed by atoms with Gasteiger partial charge in [0.2, 0.25) is 11.7 Å². The number of ketones is 1. The average Bonchev–Trinajstić information content (AvgIpc) is 3.15. The molecule has 0 bridgehead atoms. The van der Waals surface area contributed by atoms with E-state index < -0.39 is 35.6 Å². The van der Waals surface area contributed by atoms with Crippen LogP contribution < -0.4 is 0 Å². The molecule has 0 radical (unpaired) electrons. The van der Waals surface area contributed by atoms with Crippen LogP contribution in [0.3, 0.4) is 0 Å². The van der Waals surface area contributed by atoms with Gasteiger partial charge in [0.25, 0.3) is 0 Å². The molecule has 1 aromatic carbocycles. The Balaban J connectivity index is 1.53. The standard InChI is InChI=1S/C19H17F2NO5S/c20-12-1-3-14(15(21)9-12)19(25)27-11-16(23)17-4-2-13(28-17)10-18(24)22-5-7-26-8-6-22/h1-4,9H,5-8,10-11H2. The first-order valence-electron chi connectivity index (χ1n) is 8.53. The van der Waals surface area contributed by atoms with E-state index in [1.165, 1.54) is 0 Å². The van der Waals surface area contributed by atoms with Gasteiger partial charge >= 0.3 is 5.97 Å². The molecule has 1 aliphatic rings. The molecule has 1 aliphatic heterocycles. The first kappa shape index (κ1) is 20.1. The van der Waals surface area contributed by atoms with Crippen molar-refractivity contribution in [3.05, 3.63) is 57.3 Å². The van der Waals surface area contributed by atoms with E-state index in [0.29, 0.717) is 37.2 Å². The van der Waals surface area contributed by atoms with Crippen molar-refractivity contribution in [3.8, 4) is 0 Å². The Hall–Kier alpha value is -2.65. The molecular weight excluding hydrogens is 392 g/mol. The molecule has 0 aliphatic carbocycles. The van der Waals surface area contributed by atoms with Gasteiger partial charge in [0.05, 0.1) is 30.1 Å². The number of morpholine rings is 1. The third kappa shape index (κ3) is 4.99. The third-order valence-electron chi connectivity index (χ3n) is 4.11. The lowest BCUT2D eigenvalue weighted by Crippen LogP contribution is -2.41. The van der Waals surface area contributed by atoms with Crippen molar-refractivity contribution in [1.29, 1.82) is 0 Å². The second-order valence-corrected chi connectivity index (χ2v) is 7.23. The summed E-state index contributed by atoms with van der Waals surface area (Å²) in [6.07, 6.45) is 0.179. The van der Waals surface area contributed by atoms with Gasteiger partial charge in [-0.2, -0.15) is 0 Å². The zero-order chi connectivity index (χ0) is 20.1. The first-order valence-corrected chi connectivity index (χ1v) is 9.35. The number of ether oxygens (including phenoxy) is 2. The molecule has 0 unspecified atom stereocenters. The highest BCUT2D eigenvalue weighted by Crippen LogP contribution is 2.19. The van der Waals surface area contributed by atoms with Crippen LogP contribution in [0.4, 0.5) is 8.78 Å². The number of carbonyl (C=O) groups excluding carboxylic acids is 3. The minimum Gasteiger partial charge on any atom is -0.454 e. The lowest BCUT2D eigenvalue weighted by Gasteiger charge is -2.26. The summed E-state index contributed by atoms with van der Waals surface area (Å²) in [6, 6.07) is 5.69. The minimum atomic E-state index is -1.06. The SMILES string of the molecule is O=C(COC(=O)c1ccc(F)cc1F)c1ccc(CC(=O)N2CCOCC2)s1. The highest BCUT2D eigenvalue weighted by molar-refractivity contribution is 7.14. The number of hydrogen-bond acceptors (Lipinski definition) is 6. The summed E-state index contributed by atoms with van der Waals surface area (Å²) >= 11 is 1.14. The molecule has 9 heteroatoms. The number of benzene rings is 1. The molecule has 28 heavy (non-hydrogen) atoms. The van der Waals surface area contributed by atoms with Crippen LogP contribution in [0.15, 0.2) is 30.3 Å². The molecule has 148 valence electrons. The predicted molar refractivity (Wildman–Crippen MR) is 96.4 cm³/mol. The lowest BCUT2D eigenvalue weighted by atomic mass is 10.2. The largest absolute Gasteiger partial charge is 0.454 e. The van der Waals surface area contributed by atoms with Gasteiger partial charge in [-0.25, -0.2) is 13.6 Å². The quantitative estimate of drug-likeness (QED) is 0.541. The van der Waals surface area contributed by atoms with Crippen LogP contribution in [0.1, 0.15) is 24.9 Å². The highest BCUT2D eigenvalue weighted by atomic mass is 32.1. The molecule has 1 fully saturated rings. The van der Waals surface area contributed by atoms with Crippen molar-refractivity contribution >= 4 is 29.0 Å². The number of nitrogens with zero attached hydrogens (tertiary/aromatic N) is 1. The minimum absolute atomic E-state index is 0.0395. The van der Waals surface area contributed by atoms with E-state index in [9.17, 15) is 23.2 Å². The molecule has 2 heterocycles. The molecule has 0 saturated carbocycles. The summed E-state index contributed by atoms with van der Waals surface area (Å²) in [5.41, 5.74) is -0.447. The molecule has 1 amide bonds. The van der Waals surface area contributed by atoms with Crippen LogP contribution in [0.2, 0.25) is 0 Å². The van der Waals surface area contributed by atoms with Crippen LogP contribution in [0.25, 0.3) is 0 Å². The van der Waals surface area contributed by atoms with E-state index in [0.717, 1.165) is 28.3 Å². The van der Waals surface area contributed by atoms with Crippen molar-refractivity contribution < 1.29 is 32.6 Å². The van der Waals surface area contributed by atoms with Crippen molar-refractivity contribution in [2.75, 3.05) is 32.9 Å². The molecule has 0 atom stereocenters. The maximum atomic E-state index is 13.6. The monoisotopic (exact) mass is 409 g/mol. The number of esters is 1. The average molecular weight is 409 g/mol. The second-order valence-electron chi connectivity index (χ2n) is 6.06. The summed E-state index contributed by atoms with van der Waals surface area (Å²) in [5, 5.41) is 0. The Bertz CT molecular complexity index is 892. The first-order chi connectivity index (χ1) is 13.4. The molecule has 6 nitrogen and oxygen atoms in total. The molecule has 2 aromatic rings. The van der Waals surface area contributed by atoms with Crippen molar-refractivity contribution in [2.45, 2.75) is 6.42 Å².